The Morgan fingerprint density at radius 1 is 1.19 bits per heavy atom. The van der Waals surface area contributed by atoms with Gasteiger partial charge in [0.1, 0.15) is 11.3 Å². The zero-order valence-corrected chi connectivity index (χ0v) is 19.0. The van der Waals surface area contributed by atoms with Gasteiger partial charge >= 0.3 is 0 Å². The molecule has 0 spiro atoms. The van der Waals surface area contributed by atoms with E-state index in [1.54, 1.807) is 49.8 Å². The van der Waals surface area contributed by atoms with Crippen molar-refractivity contribution in [3.63, 3.8) is 0 Å². The second kappa shape index (κ2) is 8.31. The van der Waals surface area contributed by atoms with Crippen molar-refractivity contribution in [1.82, 2.24) is 23.8 Å². The zero-order valence-electron chi connectivity index (χ0n) is 18.2. The van der Waals surface area contributed by atoms with Crippen LogP contribution in [0.1, 0.15) is 31.1 Å². The minimum atomic E-state index is -3.73. The molecule has 0 bridgehead atoms. The van der Waals surface area contributed by atoms with Crippen LogP contribution in [0.25, 0.3) is 22.1 Å². The second-order valence-corrected chi connectivity index (χ2v) is 10.1. The van der Waals surface area contributed by atoms with Crippen LogP contribution in [-0.4, -0.2) is 53.2 Å². The third-order valence-corrected chi connectivity index (χ3v) is 7.99. The third-order valence-electron chi connectivity index (χ3n) is 6.31. The van der Waals surface area contributed by atoms with Crippen LogP contribution in [0.15, 0.2) is 53.7 Å². The van der Waals surface area contributed by atoms with Crippen molar-refractivity contribution in [2.75, 3.05) is 20.3 Å². The molecule has 0 unspecified atom stereocenters. The van der Waals surface area contributed by atoms with E-state index in [1.807, 2.05) is 13.0 Å². The Bertz CT molecular complexity index is 1360. The standard InChI is InChI=1S/C23H27N5O3S/c1-16-26-21-15-25-23-20(10-12-27(23)32(29,30)19-6-4-3-5-7-19)22(21)28(16)18-9-8-17(14-18)24-11-13-31-2/h3-7,10,12,15,17-18,24H,8-9,11,13-14H2,1-2H3/t17-,18-/m1/s1. The van der Waals surface area contributed by atoms with Crippen LogP contribution in [0.2, 0.25) is 0 Å². The molecule has 1 aliphatic rings. The molecule has 0 amide bonds. The maximum absolute atomic E-state index is 13.2. The number of aromatic nitrogens is 4. The lowest BCUT2D eigenvalue weighted by molar-refractivity contribution is 0.195. The number of benzene rings is 1. The summed E-state index contributed by atoms with van der Waals surface area (Å²) in [4.78, 5) is 9.47. The SMILES string of the molecule is COCCN[C@@H]1CC[C@@H](n2c(C)nc3cnc4c(ccn4S(=O)(=O)c4ccccc4)c32)C1. The van der Waals surface area contributed by atoms with Gasteiger partial charge in [-0.3, -0.25) is 0 Å². The number of hydrogen-bond acceptors (Lipinski definition) is 6. The van der Waals surface area contributed by atoms with Crippen LogP contribution in [0.4, 0.5) is 0 Å². The van der Waals surface area contributed by atoms with Gasteiger partial charge in [-0.2, -0.15) is 0 Å². The fourth-order valence-corrected chi connectivity index (χ4v) is 6.18. The number of pyridine rings is 1. The molecule has 4 aromatic rings. The third kappa shape index (κ3) is 3.50. The van der Waals surface area contributed by atoms with E-state index >= 15 is 0 Å². The first-order chi connectivity index (χ1) is 15.5. The largest absolute Gasteiger partial charge is 0.383 e. The lowest BCUT2D eigenvalue weighted by Gasteiger charge is -2.17. The fourth-order valence-electron chi connectivity index (χ4n) is 4.85. The Morgan fingerprint density at radius 3 is 2.78 bits per heavy atom. The minimum absolute atomic E-state index is 0.241. The summed E-state index contributed by atoms with van der Waals surface area (Å²) >= 11 is 0. The van der Waals surface area contributed by atoms with E-state index in [2.05, 4.69) is 14.9 Å². The van der Waals surface area contributed by atoms with Gasteiger partial charge in [0.25, 0.3) is 10.0 Å². The normalized spacial score (nSPS) is 19.3. The molecule has 8 nitrogen and oxygen atoms in total. The van der Waals surface area contributed by atoms with Crippen molar-refractivity contribution in [1.29, 1.82) is 0 Å². The molecular formula is C23H27N5O3S. The van der Waals surface area contributed by atoms with Gasteiger partial charge in [-0.05, 0) is 44.4 Å². The quantitative estimate of drug-likeness (QED) is 0.432. The van der Waals surface area contributed by atoms with Crippen LogP contribution in [-0.2, 0) is 14.8 Å². The van der Waals surface area contributed by atoms with Crippen LogP contribution in [0.5, 0.6) is 0 Å². The Balaban J connectivity index is 1.57. The first kappa shape index (κ1) is 21.1. The summed E-state index contributed by atoms with van der Waals surface area (Å²) in [6.45, 7) is 3.55. The number of ether oxygens (including phenoxy) is 1. The lowest BCUT2D eigenvalue weighted by Crippen LogP contribution is -2.29. The fraction of sp³-hybridized carbons (Fsp3) is 0.391. The average Bonchev–Trinajstić information content (AvgIpc) is 3.50. The Morgan fingerprint density at radius 2 is 2.00 bits per heavy atom. The van der Waals surface area contributed by atoms with Crippen molar-refractivity contribution in [3.8, 4) is 0 Å². The van der Waals surface area contributed by atoms with E-state index in [0.29, 0.717) is 24.3 Å². The van der Waals surface area contributed by atoms with Gasteiger partial charge in [0.2, 0.25) is 0 Å². The van der Waals surface area contributed by atoms with Gasteiger partial charge < -0.3 is 14.6 Å². The minimum Gasteiger partial charge on any atom is -0.383 e. The van der Waals surface area contributed by atoms with E-state index in [4.69, 9.17) is 9.72 Å². The summed E-state index contributed by atoms with van der Waals surface area (Å²) in [6.07, 6.45) is 6.41. The van der Waals surface area contributed by atoms with Gasteiger partial charge in [0.15, 0.2) is 5.65 Å². The van der Waals surface area contributed by atoms with Gasteiger partial charge in [-0.1, -0.05) is 18.2 Å². The average molecular weight is 454 g/mol. The summed E-state index contributed by atoms with van der Waals surface area (Å²) in [5.41, 5.74) is 2.17. The number of nitrogens with zero attached hydrogens (tertiary/aromatic N) is 4. The van der Waals surface area contributed by atoms with Gasteiger partial charge in [0.05, 0.1) is 23.2 Å². The predicted octanol–water partition coefficient (Wildman–Crippen LogP) is 3.26. The highest BCUT2D eigenvalue weighted by Crippen LogP contribution is 2.36. The molecule has 1 N–H and O–H groups in total. The molecule has 1 fully saturated rings. The number of rotatable bonds is 7. The highest BCUT2D eigenvalue weighted by atomic mass is 32.2. The first-order valence-electron chi connectivity index (χ1n) is 10.9. The molecule has 2 atom stereocenters. The first-order valence-corrected chi connectivity index (χ1v) is 12.3. The summed E-state index contributed by atoms with van der Waals surface area (Å²) < 4.78 is 35.2. The number of aryl methyl sites for hydroxylation is 1. The zero-order chi connectivity index (χ0) is 22.3. The van der Waals surface area contributed by atoms with E-state index in [-0.39, 0.29) is 4.90 Å². The van der Waals surface area contributed by atoms with Crippen molar-refractivity contribution in [2.45, 2.75) is 43.2 Å². The number of methoxy groups -OCH3 is 1. The summed E-state index contributed by atoms with van der Waals surface area (Å²) in [7, 11) is -2.02. The molecule has 0 radical (unpaired) electrons. The van der Waals surface area contributed by atoms with Crippen LogP contribution >= 0.6 is 0 Å². The van der Waals surface area contributed by atoms with Crippen LogP contribution < -0.4 is 5.32 Å². The van der Waals surface area contributed by atoms with E-state index < -0.39 is 10.0 Å². The second-order valence-electron chi connectivity index (χ2n) is 8.30. The van der Waals surface area contributed by atoms with Crippen molar-refractivity contribution >= 4 is 32.1 Å². The number of hydrogen-bond donors (Lipinski definition) is 1. The van der Waals surface area contributed by atoms with Gasteiger partial charge in [0, 0.05) is 37.3 Å². The highest BCUT2D eigenvalue weighted by Gasteiger charge is 2.29. The molecule has 1 aromatic carbocycles. The molecule has 32 heavy (non-hydrogen) atoms. The van der Waals surface area contributed by atoms with E-state index in [0.717, 1.165) is 48.1 Å². The predicted molar refractivity (Wildman–Crippen MR) is 123 cm³/mol. The van der Waals surface area contributed by atoms with Crippen molar-refractivity contribution in [3.05, 3.63) is 54.6 Å². The molecule has 168 valence electrons. The molecular weight excluding hydrogens is 426 g/mol. The summed E-state index contributed by atoms with van der Waals surface area (Å²) in [5, 5.41) is 4.37. The Labute approximate surface area is 187 Å². The molecule has 1 saturated carbocycles. The van der Waals surface area contributed by atoms with Gasteiger partial charge in [-0.15, -0.1) is 0 Å². The van der Waals surface area contributed by atoms with E-state index in [9.17, 15) is 8.42 Å². The monoisotopic (exact) mass is 453 g/mol. The lowest BCUT2D eigenvalue weighted by atomic mass is 10.2. The molecule has 0 saturated heterocycles. The highest BCUT2D eigenvalue weighted by molar-refractivity contribution is 7.90. The Hall–Kier alpha value is -2.75. The van der Waals surface area contributed by atoms with Gasteiger partial charge in [-0.25, -0.2) is 22.4 Å². The summed E-state index contributed by atoms with van der Waals surface area (Å²) in [5.74, 6) is 0.926. The van der Waals surface area contributed by atoms with Crippen LogP contribution in [0, 0.1) is 6.92 Å². The molecule has 3 aromatic heterocycles. The summed E-state index contributed by atoms with van der Waals surface area (Å²) in [6, 6.07) is 11.0. The van der Waals surface area contributed by atoms with Crippen molar-refractivity contribution in [2.24, 2.45) is 0 Å². The number of fused-ring (bicyclic) bond motifs is 3. The molecule has 3 heterocycles. The molecule has 5 rings (SSSR count). The molecule has 9 heteroatoms. The smallest absolute Gasteiger partial charge is 0.269 e. The van der Waals surface area contributed by atoms with Crippen LogP contribution in [0.3, 0.4) is 0 Å². The topological polar surface area (TPSA) is 91.0 Å². The maximum atomic E-state index is 13.2. The number of nitrogens with one attached hydrogen (secondary N) is 1. The number of imidazole rings is 1. The maximum Gasteiger partial charge on any atom is 0.269 e. The Kier molecular flexibility index (Phi) is 5.48. The van der Waals surface area contributed by atoms with E-state index in [1.165, 1.54) is 3.97 Å². The molecule has 1 aliphatic carbocycles. The molecule has 0 aliphatic heterocycles. The van der Waals surface area contributed by atoms with Crippen molar-refractivity contribution < 1.29 is 13.2 Å².